The Hall–Kier alpha value is -0.750. The second-order valence-corrected chi connectivity index (χ2v) is 6.63. The van der Waals surface area contributed by atoms with Gasteiger partial charge in [0.05, 0.1) is 12.3 Å². The molecule has 0 aromatic carbocycles. The van der Waals surface area contributed by atoms with E-state index >= 15 is 0 Å². The van der Waals surface area contributed by atoms with Gasteiger partial charge in [0.1, 0.15) is 0 Å². The van der Waals surface area contributed by atoms with Crippen LogP contribution in [-0.4, -0.2) is 66.8 Å². The quantitative estimate of drug-likeness (QED) is 0.653. The number of likely N-dealkylation sites (tertiary alicyclic amines) is 1. The molecule has 5 nitrogen and oxygen atoms in total. The zero-order chi connectivity index (χ0) is 15.5. The van der Waals surface area contributed by atoms with E-state index in [1.165, 1.54) is 0 Å². The van der Waals surface area contributed by atoms with Crippen LogP contribution in [0.15, 0.2) is 0 Å². The highest BCUT2D eigenvalue weighted by molar-refractivity contribution is 8.00. The number of amides is 2. The summed E-state index contributed by atoms with van der Waals surface area (Å²) in [6.45, 7) is 4.48. The maximum Gasteiger partial charge on any atom is 0.229 e. The molecule has 1 aliphatic rings. The van der Waals surface area contributed by atoms with Crippen LogP contribution in [0, 0.1) is 6.54 Å². The first-order chi connectivity index (χ1) is 10.1. The molecule has 1 aliphatic heterocycles. The monoisotopic (exact) mass is 314 g/mol. The summed E-state index contributed by atoms with van der Waals surface area (Å²) in [5, 5.41) is 2.91. The summed E-state index contributed by atoms with van der Waals surface area (Å²) in [5.41, 5.74) is 0. The van der Waals surface area contributed by atoms with Crippen molar-refractivity contribution < 1.29 is 9.59 Å². The first kappa shape index (κ1) is 18.3. The lowest BCUT2D eigenvalue weighted by molar-refractivity contribution is -0.129. The molecular formula is C15H28N3O2S. The molecule has 1 heterocycles. The molecule has 121 valence electrons. The van der Waals surface area contributed by atoms with E-state index in [0.717, 1.165) is 51.1 Å². The van der Waals surface area contributed by atoms with Crippen LogP contribution in [0.5, 0.6) is 0 Å². The van der Waals surface area contributed by atoms with Crippen molar-refractivity contribution in [1.82, 2.24) is 15.1 Å². The second-order valence-electron chi connectivity index (χ2n) is 5.60. The lowest BCUT2D eigenvalue weighted by atomic mass is 10.2. The van der Waals surface area contributed by atoms with E-state index in [2.05, 4.69) is 10.2 Å². The lowest BCUT2D eigenvalue weighted by Gasteiger charge is -2.19. The second kappa shape index (κ2) is 10.9. The minimum absolute atomic E-state index is 0.0781. The van der Waals surface area contributed by atoms with Crippen molar-refractivity contribution in [1.29, 1.82) is 0 Å². The maximum absolute atomic E-state index is 11.8. The van der Waals surface area contributed by atoms with Crippen molar-refractivity contribution in [3.05, 3.63) is 6.54 Å². The largest absolute Gasteiger partial charge is 0.355 e. The Labute approximate surface area is 132 Å². The van der Waals surface area contributed by atoms with Gasteiger partial charge in [-0.1, -0.05) is 6.42 Å². The Balaban J connectivity index is 2.02. The molecular weight excluding hydrogens is 286 g/mol. The fourth-order valence-corrected chi connectivity index (χ4v) is 2.86. The molecule has 6 heteroatoms. The van der Waals surface area contributed by atoms with Crippen molar-refractivity contribution >= 4 is 23.6 Å². The smallest absolute Gasteiger partial charge is 0.229 e. The number of carbonyl (C=O) groups excluding carboxylic acids is 2. The van der Waals surface area contributed by atoms with E-state index in [1.807, 2.05) is 25.5 Å². The maximum atomic E-state index is 11.8. The van der Waals surface area contributed by atoms with Crippen LogP contribution < -0.4 is 5.32 Å². The molecule has 0 aliphatic carbocycles. The Bertz CT molecular complexity index is 324. The number of thioether (sulfide) groups is 1. The summed E-state index contributed by atoms with van der Waals surface area (Å²) in [5.74, 6) is 1.48. The minimum Gasteiger partial charge on any atom is -0.355 e. The highest BCUT2D eigenvalue weighted by atomic mass is 32.2. The van der Waals surface area contributed by atoms with E-state index in [0.29, 0.717) is 12.2 Å². The zero-order valence-corrected chi connectivity index (χ0v) is 14.1. The van der Waals surface area contributed by atoms with Gasteiger partial charge in [0.15, 0.2) is 0 Å². The van der Waals surface area contributed by atoms with E-state index in [4.69, 9.17) is 0 Å². The molecule has 0 atom stereocenters. The number of carbonyl (C=O) groups is 2. The van der Waals surface area contributed by atoms with Gasteiger partial charge in [0.2, 0.25) is 11.8 Å². The van der Waals surface area contributed by atoms with Gasteiger partial charge in [-0.15, -0.1) is 11.8 Å². The summed E-state index contributed by atoms with van der Waals surface area (Å²) in [4.78, 5) is 27.3. The standard InChI is InChI=1S/C15H28N3O2S/c1-17(2)9-6-8-16-14(19)13-21-12-11-18-10-5-3-4-7-15(18)20/h11H,3-10,12-13H2,1-2H3,(H,16,19). The molecule has 0 aromatic heterocycles. The van der Waals surface area contributed by atoms with Gasteiger partial charge in [0.25, 0.3) is 0 Å². The Kier molecular flexibility index (Phi) is 9.50. The minimum atomic E-state index is 0.0781. The molecule has 0 unspecified atom stereocenters. The molecule has 1 rings (SSSR count). The number of hydrogen-bond donors (Lipinski definition) is 1. The molecule has 1 fully saturated rings. The van der Waals surface area contributed by atoms with Crippen molar-refractivity contribution in [2.24, 2.45) is 0 Å². The van der Waals surface area contributed by atoms with Crippen molar-refractivity contribution in [3.63, 3.8) is 0 Å². The number of rotatable bonds is 9. The lowest BCUT2D eigenvalue weighted by Crippen LogP contribution is -2.30. The molecule has 1 N–H and O–H groups in total. The van der Waals surface area contributed by atoms with Crippen molar-refractivity contribution in [2.45, 2.75) is 32.1 Å². The Morgan fingerprint density at radius 3 is 2.95 bits per heavy atom. The number of nitrogens with zero attached hydrogens (tertiary/aromatic N) is 2. The highest BCUT2D eigenvalue weighted by Gasteiger charge is 2.16. The Morgan fingerprint density at radius 1 is 1.38 bits per heavy atom. The molecule has 0 bridgehead atoms. The van der Waals surface area contributed by atoms with Gasteiger partial charge >= 0.3 is 0 Å². The Morgan fingerprint density at radius 2 is 2.19 bits per heavy atom. The average Bonchev–Trinajstić information content (AvgIpc) is 2.64. The molecule has 1 saturated heterocycles. The molecule has 2 amide bonds. The number of hydrogen-bond acceptors (Lipinski definition) is 4. The van der Waals surface area contributed by atoms with Gasteiger partial charge in [0, 0.05) is 25.3 Å². The average molecular weight is 314 g/mol. The predicted molar refractivity (Wildman–Crippen MR) is 88.0 cm³/mol. The van der Waals surface area contributed by atoms with Gasteiger partial charge < -0.3 is 15.1 Å². The zero-order valence-electron chi connectivity index (χ0n) is 13.3. The van der Waals surface area contributed by atoms with E-state index in [9.17, 15) is 9.59 Å². The summed E-state index contributed by atoms with van der Waals surface area (Å²) >= 11 is 1.56. The normalized spacial score (nSPS) is 16.1. The van der Waals surface area contributed by atoms with E-state index in [-0.39, 0.29) is 11.8 Å². The number of nitrogens with one attached hydrogen (secondary N) is 1. The van der Waals surface area contributed by atoms with Crippen molar-refractivity contribution in [3.8, 4) is 0 Å². The van der Waals surface area contributed by atoms with Crippen LogP contribution in [0.4, 0.5) is 0 Å². The van der Waals surface area contributed by atoms with Crippen LogP contribution >= 0.6 is 11.8 Å². The molecule has 1 radical (unpaired) electrons. The summed E-state index contributed by atoms with van der Waals surface area (Å²) in [6.07, 6.45) is 4.86. The summed E-state index contributed by atoms with van der Waals surface area (Å²) in [7, 11) is 4.05. The van der Waals surface area contributed by atoms with Gasteiger partial charge in [-0.05, 0) is 39.9 Å². The summed E-state index contributed by atoms with van der Waals surface area (Å²) < 4.78 is 0. The van der Waals surface area contributed by atoms with E-state index < -0.39 is 0 Å². The fourth-order valence-electron chi connectivity index (χ4n) is 2.16. The van der Waals surface area contributed by atoms with Crippen LogP contribution in [0.3, 0.4) is 0 Å². The van der Waals surface area contributed by atoms with Crippen molar-refractivity contribution in [2.75, 3.05) is 45.2 Å². The van der Waals surface area contributed by atoms with Crippen LogP contribution in [0.1, 0.15) is 32.1 Å². The predicted octanol–water partition coefficient (Wildman–Crippen LogP) is 1.35. The van der Waals surface area contributed by atoms with Crippen LogP contribution in [-0.2, 0) is 9.59 Å². The fraction of sp³-hybridized carbons (Fsp3) is 0.800. The highest BCUT2D eigenvalue weighted by Crippen LogP contribution is 2.14. The molecule has 0 aromatic rings. The first-order valence-corrected chi connectivity index (χ1v) is 8.87. The molecule has 0 spiro atoms. The summed E-state index contributed by atoms with van der Waals surface area (Å²) in [6, 6.07) is 0. The van der Waals surface area contributed by atoms with Crippen LogP contribution in [0.25, 0.3) is 0 Å². The topological polar surface area (TPSA) is 52.7 Å². The molecule has 21 heavy (non-hydrogen) atoms. The first-order valence-electron chi connectivity index (χ1n) is 7.71. The third kappa shape index (κ3) is 8.98. The van der Waals surface area contributed by atoms with Gasteiger partial charge in [-0.3, -0.25) is 9.59 Å². The molecule has 0 saturated carbocycles. The van der Waals surface area contributed by atoms with E-state index in [1.54, 1.807) is 11.8 Å². The van der Waals surface area contributed by atoms with Gasteiger partial charge in [-0.2, -0.15) is 0 Å². The van der Waals surface area contributed by atoms with Gasteiger partial charge in [-0.25, -0.2) is 0 Å². The van der Waals surface area contributed by atoms with Crippen LogP contribution in [0.2, 0.25) is 0 Å². The third-order valence-electron chi connectivity index (χ3n) is 3.36. The SMILES string of the molecule is CN(C)CCCNC(=O)CSC[CH]N1CCCCCC1=O. The third-order valence-corrected chi connectivity index (χ3v) is 4.21.